The van der Waals surface area contributed by atoms with Gasteiger partial charge in [-0.15, -0.1) is 0 Å². The van der Waals surface area contributed by atoms with Crippen LogP contribution in [0.2, 0.25) is 0 Å². The number of anilines is 2. The van der Waals surface area contributed by atoms with Crippen molar-refractivity contribution in [2.24, 2.45) is 0 Å². The topological polar surface area (TPSA) is 92.3 Å². The number of amides is 2. The molecule has 0 bridgehead atoms. The number of alkyl halides is 3. The van der Waals surface area contributed by atoms with Gasteiger partial charge in [-0.25, -0.2) is 8.42 Å². The van der Waals surface area contributed by atoms with Gasteiger partial charge in [0, 0.05) is 22.5 Å². The zero-order chi connectivity index (χ0) is 23.5. The number of benzene rings is 3. The van der Waals surface area contributed by atoms with Crippen LogP contribution in [-0.4, -0.2) is 25.7 Å². The van der Waals surface area contributed by atoms with Crippen LogP contribution in [0.4, 0.5) is 24.5 Å². The normalized spacial score (nSPS) is 11.6. The highest BCUT2D eigenvalue weighted by Crippen LogP contribution is 2.30. The van der Waals surface area contributed by atoms with E-state index in [0.717, 1.165) is 12.1 Å². The van der Waals surface area contributed by atoms with Crippen molar-refractivity contribution in [3.63, 3.8) is 0 Å². The van der Waals surface area contributed by atoms with Crippen LogP contribution in [0.25, 0.3) is 0 Å². The second-order valence-electron chi connectivity index (χ2n) is 6.73. The van der Waals surface area contributed by atoms with Crippen molar-refractivity contribution in [3.8, 4) is 0 Å². The lowest BCUT2D eigenvalue weighted by Gasteiger charge is -2.13. The van der Waals surface area contributed by atoms with Gasteiger partial charge in [-0.2, -0.15) is 13.2 Å². The first-order valence-corrected chi connectivity index (χ1v) is 10.7. The lowest BCUT2D eigenvalue weighted by atomic mass is 10.1. The van der Waals surface area contributed by atoms with Crippen LogP contribution >= 0.6 is 0 Å². The molecule has 32 heavy (non-hydrogen) atoms. The lowest BCUT2D eigenvalue weighted by Crippen LogP contribution is -2.23. The molecule has 0 heterocycles. The van der Waals surface area contributed by atoms with E-state index in [9.17, 15) is 31.2 Å². The first-order chi connectivity index (χ1) is 15.0. The van der Waals surface area contributed by atoms with Crippen molar-refractivity contribution < 1.29 is 31.2 Å². The van der Waals surface area contributed by atoms with Crippen LogP contribution in [0.1, 0.15) is 26.3 Å². The molecule has 0 unspecified atom stereocenters. The van der Waals surface area contributed by atoms with Crippen LogP contribution in [-0.2, 0) is 9.84 Å². The van der Waals surface area contributed by atoms with Gasteiger partial charge in [0.2, 0.25) is 0 Å². The SMILES string of the molecule is Cc1c(NC(=O)c2ccc(S(=O)(=O)C(F)(F)F)cc2)cccc1C(=O)Nc1ccccc1. The van der Waals surface area contributed by atoms with E-state index in [1.54, 1.807) is 49.4 Å². The minimum atomic E-state index is -5.50. The molecule has 0 saturated heterocycles. The van der Waals surface area contributed by atoms with Gasteiger partial charge in [-0.3, -0.25) is 9.59 Å². The number of halogens is 3. The first kappa shape index (κ1) is 23.0. The number of para-hydroxylation sites is 1. The van der Waals surface area contributed by atoms with Gasteiger partial charge in [0.15, 0.2) is 0 Å². The van der Waals surface area contributed by atoms with Crippen molar-refractivity contribution in [1.29, 1.82) is 0 Å². The fourth-order valence-corrected chi connectivity index (χ4v) is 3.61. The van der Waals surface area contributed by atoms with Gasteiger partial charge in [-0.05, 0) is 61.0 Å². The second kappa shape index (κ2) is 8.83. The third-order valence-corrected chi connectivity index (χ3v) is 6.09. The minimum Gasteiger partial charge on any atom is -0.322 e. The Bertz CT molecular complexity index is 1260. The third kappa shape index (κ3) is 4.80. The van der Waals surface area contributed by atoms with E-state index in [-0.39, 0.29) is 11.5 Å². The second-order valence-corrected chi connectivity index (χ2v) is 8.67. The molecular formula is C22H17F3N2O4S. The Morgan fingerprint density at radius 2 is 1.41 bits per heavy atom. The van der Waals surface area contributed by atoms with Crippen LogP contribution in [0.15, 0.2) is 77.7 Å². The molecule has 3 aromatic carbocycles. The van der Waals surface area contributed by atoms with Crippen LogP contribution in [0.5, 0.6) is 0 Å². The summed E-state index contributed by atoms with van der Waals surface area (Å²) in [5.41, 5.74) is -3.77. The van der Waals surface area contributed by atoms with E-state index >= 15 is 0 Å². The molecule has 0 atom stereocenters. The third-order valence-electron chi connectivity index (χ3n) is 4.59. The summed E-state index contributed by atoms with van der Waals surface area (Å²) >= 11 is 0. The molecule has 2 amide bonds. The molecule has 0 aliphatic carbocycles. The fourth-order valence-electron chi connectivity index (χ4n) is 2.85. The smallest absolute Gasteiger partial charge is 0.322 e. The Kier molecular flexibility index (Phi) is 6.35. The summed E-state index contributed by atoms with van der Waals surface area (Å²) in [6, 6.07) is 16.9. The summed E-state index contributed by atoms with van der Waals surface area (Å²) in [6.45, 7) is 1.63. The highest BCUT2D eigenvalue weighted by molar-refractivity contribution is 7.92. The summed E-state index contributed by atoms with van der Waals surface area (Å²) in [4.78, 5) is 24.1. The molecule has 10 heteroatoms. The van der Waals surface area contributed by atoms with Gasteiger partial charge in [0.1, 0.15) is 0 Å². The molecule has 0 aliphatic rings. The molecule has 0 saturated carbocycles. The maximum atomic E-state index is 12.7. The molecule has 0 fully saturated rings. The molecule has 6 nitrogen and oxygen atoms in total. The number of carbonyl (C=O) groups is 2. The van der Waals surface area contributed by atoms with Crippen molar-refractivity contribution in [2.45, 2.75) is 17.3 Å². The van der Waals surface area contributed by atoms with Crippen molar-refractivity contribution in [3.05, 3.63) is 89.5 Å². The van der Waals surface area contributed by atoms with E-state index in [2.05, 4.69) is 10.6 Å². The molecule has 0 aliphatic heterocycles. The van der Waals surface area contributed by atoms with Gasteiger partial charge >= 0.3 is 5.51 Å². The highest BCUT2D eigenvalue weighted by atomic mass is 32.2. The van der Waals surface area contributed by atoms with Crippen molar-refractivity contribution in [2.75, 3.05) is 10.6 Å². The van der Waals surface area contributed by atoms with Crippen LogP contribution in [0, 0.1) is 6.92 Å². The summed E-state index contributed by atoms with van der Waals surface area (Å²) in [6.07, 6.45) is 0. The maximum Gasteiger partial charge on any atom is 0.501 e. The van der Waals surface area contributed by atoms with Gasteiger partial charge in [0.25, 0.3) is 21.7 Å². The summed E-state index contributed by atoms with van der Waals surface area (Å²) in [5, 5.41) is 5.33. The van der Waals surface area contributed by atoms with Gasteiger partial charge < -0.3 is 10.6 Å². The Morgan fingerprint density at radius 1 is 0.781 bits per heavy atom. The van der Waals surface area contributed by atoms with E-state index in [0.29, 0.717) is 34.6 Å². The largest absolute Gasteiger partial charge is 0.501 e. The molecular weight excluding hydrogens is 445 g/mol. The molecule has 3 rings (SSSR count). The standard InChI is InChI=1S/C22H17F3N2O4S/c1-14-18(21(29)26-16-6-3-2-4-7-16)8-5-9-19(14)27-20(28)15-10-12-17(13-11-15)32(30,31)22(23,24)25/h2-13H,1H3,(H,26,29)(H,27,28). The van der Waals surface area contributed by atoms with E-state index in [4.69, 9.17) is 0 Å². The highest BCUT2D eigenvalue weighted by Gasteiger charge is 2.46. The monoisotopic (exact) mass is 462 g/mol. The van der Waals surface area contributed by atoms with Gasteiger partial charge in [0.05, 0.1) is 4.90 Å². The summed E-state index contributed by atoms with van der Waals surface area (Å²) < 4.78 is 60.8. The number of nitrogens with one attached hydrogen (secondary N) is 2. The van der Waals surface area contributed by atoms with Gasteiger partial charge in [-0.1, -0.05) is 24.3 Å². The molecule has 166 valence electrons. The summed E-state index contributed by atoms with van der Waals surface area (Å²) in [5.74, 6) is -1.06. The molecule has 3 aromatic rings. The zero-order valence-electron chi connectivity index (χ0n) is 16.6. The van der Waals surface area contributed by atoms with Crippen molar-refractivity contribution >= 4 is 33.0 Å². The van der Waals surface area contributed by atoms with E-state index in [1.807, 2.05) is 6.07 Å². The predicted octanol–water partition coefficient (Wildman–Crippen LogP) is 4.79. The number of hydrogen-bond donors (Lipinski definition) is 2. The number of sulfone groups is 1. The average molecular weight is 462 g/mol. The van der Waals surface area contributed by atoms with Crippen LogP contribution in [0.3, 0.4) is 0 Å². The number of hydrogen-bond acceptors (Lipinski definition) is 4. The Balaban J connectivity index is 1.78. The van der Waals surface area contributed by atoms with Crippen LogP contribution < -0.4 is 10.6 Å². The molecule has 0 aromatic heterocycles. The fraction of sp³-hybridized carbons (Fsp3) is 0.0909. The lowest BCUT2D eigenvalue weighted by molar-refractivity contribution is -0.0436. The Labute approximate surface area is 182 Å². The van der Waals surface area contributed by atoms with E-state index < -0.39 is 26.1 Å². The summed E-state index contributed by atoms with van der Waals surface area (Å²) in [7, 11) is -5.50. The Morgan fingerprint density at radius 3 is 2.00 bits per heavy atom. The average Bonchev–Trinajstić information content (AvgIpc) is 2.75. The maximum absolute atomic E-state index is 12.7. The Hall–Kier alpha value is -3.66. The predicted molar refractivity (Wildman–Crippen MR) is 113 cm³/mol. The quantitative estimate of drug-likeness (QED) is 0.570. The van der Waals surface area contributed by atoms with Crippen molar-refractivity contribution in [1.82, 2.24) is 0 Å². The molecule has 0 radical (unpaired) electrons. The van der Waals surface area contributed by atoms with E-state index in [1.165, 1.54) is 0 Å². The molecule has 0 spiro atoms. The number of carbonyl (C=O) groups excluding carboxylic acids is 2. The minimum absolute atomic E-state index is 0.0512. The molecule has 2 N–H and O–H groups in total. The first-order valence-electron chi connectivity index (χ1n) is 9.19. The zero-order valence-corrected chi connectivity index (χ0v) is 17.4. The number of rotatable bonds is 5.